The summed E-state index contributed by atoms with van der Waals surface area (Å²) < 4.78 is 0. The summed E-state index contributed by atoms with van der Waals surface area (Å²) in [6.45, 7) is 4.62. The van der Waals surface area contributed by atoms with E-state index in [9.17, 15) is 0 Å². The molecule has 0 amide bonds. The number of anilines is 1. The minimum absolute atomic E-state index is 0.614. The molecule has 1 aliphatic heterocycles. The molecule has 0 unspecified atom stereocenters. The number of para-hydroxylation sites is 1. The number of likely N-dealkylation sites (tertiary alicyclic amines) is 1. The van der Waals surface area contributed by atoms with Crippen LogP contribution in [0.4, 0.5) is 5.69 Å². The molecule has 0 atom stereocenters. The van der Waals surface area contributed by atoms with Crippen molar-refractivity contribution in [2.45, 2.75) is 32.7 Å². The maximum atomic E-state index is 4.94. The van der Waals surface area contributed by atoms with Gasteiger partial charge in [0, 0.05) is 24.3 Å². The summed E-state index contributed by atoms with van der Waals surface area (Å²) in [6, 6.07) is 18.5. The topological polar surface area (TPSA) is 69.2 Å². The van der Waals surface area contributed by atoms with E-state index in [-0.39, 0.29) is 0 Å². The third-order valence-corrected chi connectivity index (χ3v) is 4.88. The van der Waals surface area contributed by atoms with Crippen LogP contribution < -0.4 is 5.32 Å². The highest BCUT2D eigenvalue weighted by Gasteiger charge is 2.15. The fourth-order valence-electron chi connectivity index (χ4n) is 3.42. The van der Waals surface area contributed by atoms with E-state index in [0.717, 1.165) is 47.5 Å². The van der Waals surface area contributed by atoms with Crippen LogP contribution in [0.15, 0.2) is 59.6 Å². The maximum Gasteiger partial charge on any atom is 0.198 e. The molecule has 0 spiro atoms. The number of hydrogen-bond acceptors (Lipinski definition) is 3. The van der Waals surface area contributed by atoms with Crippen LogP contribution in [-0.4, -0.2) is 39.1 Å². The molecular weight excluding hydrogens is 348 g/mol. The zero-order valence-corrected chi connectivity index (χ0v) is 16.2. The first-order valence-corrected chi connectivity index (χ1v) is 9.88. The SMILES string of the molecule is Cc1nc(-c2cccc(CN=C(Nc3ccccc3)N3CCCCC3)c2)n[nH]1. The Bertz CT molecular complexity index is 925. The number of nitrogens with zero attached hydrogens (tertiary/aromatic N) is 4. The molecule has 3 aromatic rings. The maximum absolute atomic E-state index is 4.94. The molecule has 1 saturated heterocycles. The zero-order valence-electron chi connectivity index (χ0n) is 16.2. The van der Waals surface area contributed by atoms with E-state index in [2.05, 4.69) is 49.7 Å². The molecule has 0 saturated carbocycles. The number of H-pyrrole nitrogens is 1. The molecule has 6 heteroatoms. The molecule has 0 radical (unpaired) electrons. The normalized spacial score (nSPS) is 14.9. The van der Waals surface area contributed by atoms with Crippen LogP contribution in [0.5, 0.6) is 0 Å². The Balaban J connectivity index is 1.54. The van der Waals surface area contributed by atoms with Crippen molar-refractivity contribution in [1.29, 1.82) is 0 Å². The average Bonchev–Trinajstić information content (AvgIpc) is 3.19. The lowest BCUT2D eigenvalue weighted by atomic mass is 10.1. The van der Waals surface area contributed by atoms with Gasteiger partial charge in [-0.15, -0.1) is 0 Å². The number of hydrogen-bond donors (Lipinski definition) is 2. The van der Waals surface area contributed by atoms with E-state index in [1.165, 1.54) is 19.3 Å². The average molecular weight is 374 g/mol. The third kappa shape index (κ3) is 4.57. The number of aliphatic imine (C=N–C) groups is 1. The summed E-state index contributed by atoms with van der Waals surface area (Å²) in [7, 11) is 0. The van der Waals surface area contributed by atoms with Gasteiger partial charge in [0.15, 0.2) is 11.8 Å². The second-order valence-corrected chi connectivity index (χ2v) is 7.12. The number of guanidine groups is 1. The number of piperidine rings is 1. The van der Waals surface area contributed by atoms with Gasteiger partial charge < -0.3 is 10.2 Å². The molecule has 0 bridgehead atoms. The standard InChI is InChI=1S/C22H26N6/c1-17-24-21(27-26-17)19-10-8-9-18(15-19)16-23-22(28-13-6-3-7-14-28)25-20-11-4-2-5-12-20/h2,4-5,8-12,15H,3,6-7,13-14,16H2,1H3,(H,23,25)(H,24,26,27). The van der Waals surface area contributed by atoms with Crippen LogP contribution in [0.3, 0.4) is 0 Å². The van der Waals surface area contributed by atoms with Crippen molar-refractivity contribution in [2.24, 2.45) is 4.99 Å². The first-order chi connectivity index (χ1) is 13.8. The minimum atomic E-state index is 0.614. The van der Waals surface area contributed by atoms with Crippen molar-refractivity contribution in [2.75, 3.05) is 18.4 Å². The highest BCUT2D eigenvalue weighted by atomic mass is 15.3. The summed E-state index contributed by atoms with van der Waals surface area (Å²) in [6.07, 6.45) is 3.73. The fraction of sp³-hybridized carbons (Fsp3) is 0.318. The van der Waals surface area contributed by atoms with Gasteiger partial charge in [-0.25, -0.2) is 9.98 Å². The first kappa shape index (κ1) is 18.2. The summed E-state index contributed by atoms with van der Waals surface area (Å²) in [5.41, 5.74) is 3.22. The summed E-state index contributed by atoms with van der Waals surface area (Å²) in [4.78, 5) is 11.7. The van der Waals surface area contributed by atoms with Crippen molar-refractivity contribution in [1.82, 2.24) is 20.1 Å². The summed E-state index contributed by atoms with van der Waals surface area (Å²) in [5.74, 6) is 2.49. The number of aryl methyl sites for hydroxylation is 1. The Kier molecular flexibility index (Phi) is 5.66. The summed E-state index contributed by atoms with van der Waals surface area (Å²) >= 11 is 0. The van der Waals surface area contributed by atoms with Crippen LogP contribution in [0.25, 0.3) is 11.4 Å². The van der Waals surface area contributed by atoms with Gasteiger partial charge in [0.1, 0.15) is 5.82 Å². The molecule has 144 valence electrons. The second kappa shape index (κ2) is 8.69. The molecule has 1 aliphatic rings. The smallest absolute Gasteiger partial charge is 0.198 e. The van der Waals surface area contributed by atoms with Crippen molar-refractivity contribution in [3.8, 4) is 11.4 Å². The number of rotatable bonds is 4. The molecule has 1 aromatic heterocycles. The predicted octanol–water partition coefficient (Wildman–Crippen LogP) is 4.23. The highest BCUT2D eigenvalue weighted by Crippen LogP contribution is 2.18. The quantitative estimate of drug-likeness (QED) is 0.529. The molecule has 4 rings (SSSR count). The molecule has 2 heterocycles. The van der Waals surface area contributed by atoms with Gasteiger partial charge in [0.05, 0.1) is 6.54 Å². The number of aromatic nitrogens is 3. The van der Waals surface area contributed by atoms with Gasteiger partial charge in [-0.1, -0.05) is 36.4 Å². The Morgan fingerprint density at radius 2 is 1.89 bits per heavy atom. The van der Waals surface area contributed by atoms with Gasteiger partial charge in [0.25, 0.3) is 0 Å². The van der Waals surface area contributed by atoms with Crippen molar-refractivity contribution in [3.63, 3.8) is 0 Å². The molecular formula is C22H26N6. The molecule has 2 aromatic carbocycles. The Morgan fingerprint density at radius 1 is 1.07 bits per heavy atom. The lowest BCUT2D eigenvalue weighted by molar-refractivity contribution is 0.340. The monoisotopic (exact) mass is 374 g/mol. The molecule has 28 heavy (non-hydrogen) atoms. The fourth-order valence-corrected chi connectivity index (χ4v) is 3.42. The van der Waals surface area contributed by atoms with E-state index >= 15 is 0 Å². The first-order valence-electron chi connectivity index (χ1n) is 9.88. The second-order valence-electron chi connectivity index (χ2n) is 7.12. The lowest BCUT2D eigenvalue weighted by Gasteiger charge is -2.30. The number of aromatic amines is 1. The van der Waals surface area contributed by atoms with Crippen LogP contribution in [-0.2, 0) is 6.54 Å². The van der Waals surface area contributed by atoms with Crippen LogP contribution in [0.2, 0.25) is 0 Å². The molecule has 2 N–H and O–H groups in total. The number of benzene rings is 2. The Morgan fingerprint density at radius 3 is 2.64 bits per heavy atom. The van der Waals surface area contributed by atoms with Gasteiger partial charge in [-0.05, 0) is 49.9 Å². The minimum Gasteiger partial charge on any atom is -0.343 e. The van der Waals surface area contributed by atoms with E-state index in [0.29, 0.717) is 6.54 Å². The zero-order chi connectivity index (χ0) is 19.2. The third-order valence-electron chi connectivity index (χ3n) is 4.88. The van der Waals surface area contributed by atoms with Crippen molar-refractivity contribution >= 4 is 11.6 Å². The van der Waals surface area contributed by atoms with E-state index in [1.54, 1.807) is 0 Å². The van der Waals surface area contributed by atoms with Gasteiger partial charge in [-0.2, -0.15) is 5.10 Å². The van der Waals surface area contributed by atoms with E-state index < -0.39 is 0 Å². The number of nitrogens with one attached hydrogen (secondary N) is 2. The van der Waals surface area contributed by atoms with E-state index in [1.807, 2.05) is 37.3 Å². The van der Waals surface area contributed by atoms with Crippen LogP contribution in [0, 0.1) is 6.92 Å². The van der Waals surface area contributed by atoms with Crippen LogP contribution in [0.1, 0.15) is 30.7 Å². The molecule has 0 aliphatic carbocycles. The largest absolute Gasteiger partial charge is 0.343 e. The van der Waals surface area contributed by atoms with Gasteiger partial charge >= 0.3 is 0 Å². The van der Waals surface area contributed by atoms with Crippen molar-refractivity contribution < 1.29 is 0 Å². The van der Waals surface area contributed by atoms with Gasteiger partial charge in [-0.3, -0.25) is 5.10 Å². The predicted molar refractivity (Wildman–Crippen MR) is 113 cm³/mol. The van der Waals surface area contributed by atoms with Crippen molar-refractivity contribution in [3.05, 3.63) is 66.0 Å². The highest BCUT2D eigenvalue weighted by molar-refractivity contribution is 5.93. The Hall–Kier alpha value is -3.15. The summed E-state index contributed by atoms with van der Waals surface area (Å²) in [5, 5.41) is 10.7. The van der Waals surface area contributed by atoms with E-state index in [4.69, 9.17) is 4.99 Å². The Labute approximate surface area is 165 Å². The molecule has 6 nitrogen and oxygen atoms in total. The van der Waals surface area contributed by atoms with Gasteiger partial charge in [0.2, 0.25) is 0 Å². The van der Waals surface area contributed by atoms with Crippen LogP contribution >= 0.6 is 0 Å². The lowest BCUT2D eigenvalue weighted by Crippen LogP contribution is -2.40. The molecule has 1 fully saturated rings.